The Balaban J connectivity index is 1.86. The molecular weight excluding hydrogens is 248 g/mol. The van der Waals surface area contributed by atoms with Crippen LogP contribution in [0, 0.1) is 24.2 Å². The van der Waals surface area contributed by atoms with Gasteiger partial charge in [0, 0.05) is 23.6 Å². The van der Waals surface area contributed by atoms with Crippen molar-refractivity contribution in [1.82, 2.24) is 4.90 Å². The predicted octanol–water partition coefficient (Wildman–Crippen LogP) is 2.92. The van der Waals surface area contributed by atoms with Crippen LogP contribution in [-0.4, -0.2) is 29.8 Å². The van der Waals surface area contributed by atoms with Crippen LogP contribution < -0.4 is 0 Å². The zero-order valence-electron chi connectivity index (χ0n) is 12.1. The Bertz CT molecular complexity index is 573. The number of rotatable bonds is 2. The average molecular weight is 268 g/mol. The fourth-order valence-electron chi connectivity index (χ4n) is 3.81. The number of carbonyl (C=O) groups excluding carboxylic acids is 1. The molecule has 104 valence electrons. The summed E-state index contributed by atoms with van der Waals surface area (Å²) in [6.45, 7) is 1.95. The van der Waals surface area contributed by atoms with Gasteiger partial charge in [0.2, 0.25) is 0 Å². The van der Waals surface area contributed by atoms with Crippen molar-refractivity contribution in [1.29, 1.82) is 5.26 Å². The van der Waals surface area contributed by atoms with Crippen molar-refractivity contribution in [3.63, 3.8) is 0 Å². The first kappa shape index (κ1) is 13.3. The molecule has 0 saturated carbocycles. The number of nitriles is 1. The first-order valence-corrected chi connectivity index (χ1v) is 7.37. The Labute approximate surface area is 120 Å². The van der Waals surface area contributed by atoms with Crippen LogP contribution in [0.1, 0.15) is 47.2 Å². The van der Waals surface area contributed by atoms with Crippen molar-refractivity contribution in [3.8, 4) is 6.07 Å². The van der Waals surface area contributed by atoms with Gasteiger partial charge in [0.1, 0.15) is 0 Å². The molecule has 0 aromatic heterocycles. The number of carbonyl (C=O) groups is 1. The number of hydrogen-bond donors (Lipinski definition) is 0. The first-order chi connectivity index (χ1) is 9.60. The van der Waals surface area contributed by atoms with E-state index in [0.29, 0.717) is 23.2 Å². The van der Waals surface area contributed by atoms with Crippen LogP contribution in [0.5, 0.6) is 0 Å². The molecule has 2 atom stereocenters. The molecule has 2 unspecified atom stereocenters. The van der Waals surface area contributed by atoms with Crippen molar-refractivity contribution in [2.24, 2.45) is 5.92 Å². The highest BCUT2D eigenvalue weighted by atomic mass is 16.1. The van der Waals surface area contributed by atoms with Crippen LogP contribution in [0.2, 0.25) is 0 Å². The van der Waals surface area contributed by atoms with Gasteiger partial charge in [-0.25, -0.2) is 0 Å². The summed E-state index contributed by atoms with van der Waals surface area (Å²) in [6.07, 6.45) is 4.32. The van der Waals surface area contributed by atoms with Crippen molar-refractivity contribution in [3.05, 3.63) is 34.9 Å². The summed E-state index contributed by atoms with van der Waals surface area (Å²) in [7, 11) is 2.18. The normalized spacial score (nSPS) is 29.1. The number of ketones is 1. The summed E-state index contributed by atoms with van der Waals surface area (Å²) >= 11 is 0. The molecule has 2 bridgehead atoms. The largest absolute Gasteiger partial charge is 0.300 e. The molecule has 2 saturated heterocycles. The molecule has 3 nitrogen and oxygen atoms in total. The van der Waals surface area contributed by atoms with E-state index in [0.717, 1.165) is 18.4 Å². The van der Waals surface area contributed by atoms with Gasteiger partial charge in [-0.05, 0) is 57.4 Å². The van der Waals surface area contributed by atoms with E-state index in [4.69, 9.17) is 0 Å². The number of aryl methyl sites for hydroxylation is 1. The van der Waals surface area contributed by atoms with E-state index < -0.39 is 0 Å². The third-order valence-corrected chi connectivity index (χ3v) is 5.03. The number of Topliss-reactive ketones (excluding diaryl/α,β-unsaturated/α-hetero) is 1. The highest BCUT2D eigenvalue weighted by Gasteiger charge is 2.41. The molecule has 1 aromatic rings. The Morgan fingerprint density at radius 3 is 2.55 bits per heavy atom. The molecule has 20 heavy (non-hydrogen) atoms. The molecule has 3 heteroatoms. The fraction of sp³-hybridized carbons (Fsp3) is 0.529. The monoisotopic (exact) mass is 268 g/mol. The third kappa shape index (κ3) is 2.14. The van der Waals surface area contributed by atoms with Gasteiger partial charge in [-0.15, -0.1) is 0 Å². The minimum atomic E-state index is 0.0958. The summed E-state index contributed by atoms with van der Waals surface area (Å²) in [5.74, 6) is 0.269. The molecule has 0 spiro atoms. The summed E-state index contributed by atoms with van der Waals surface area (Å²) in [6, 6.07) is 8.85. The van der Waals surface area contributed by atoms with Gasteiger partial charge in [-0.2, -0.15) is 5.26 Å². The average Bonchev–Trinajstić information content (AvgIpc) is 2.68. The van der Waals surface area contributed by atoms with E-state index in [9.17, 15) is 10.1 Å². The van der Waals surface area contributed by atoms with Gasteiger partial charge in [0.25, 0.3) is 0 Å². The molecule has 2 fully saturated rings. The minimum Gasteiger partial charge on any atom is -0.300 e. The second-order valence-electron chi connectivity index (χ2n) is 6.24. The van der Waals surface area contributed by atoms with E-state index in [1.54, 1.807) is 0 Å². The van der Waals surface area contributed by atoms with Gasteiger partial charge in [0.05, 0.1) is 11.6 Å². The zero-order valence-corrected chi connectivity index (χ0v) is 12.1. The molecule has 0 radical (unpaired) electrons. The first-order valence-electron chi connectivity index (χ1n) is 7.37. The third-order valence-electron chi connectivity index (χ3n) is 5.03. The van der Waals surface area contributed by atoms with Crippen molar-refractivity contribution < 1.29 is 4.79 Å². The van der Waals surface area contributed by atoms with Crippen molar-refractivity contribution >= 4 is 5.78 Å². The van der Waals surface area contributed by atoms with E-state index in [1.807, 2.05) is 25.1 Å². The van der Waals surface area contributed by atoms with Gasteiger partial charge in [-0.3, -0.25) is 4.79 Å². The van der Waals surface area contributed by atoms with Gasteiger partial charge >= 0.3 is 0 Å². The number of piperidine rings is 1. The van der Waals surface area contributed by atoms with Gasteiger partial charge in [0.15, 0.2) is 5.78 Å². The minimum absolute atomic E-state index is 0.0958. The zero-order chi connectivity index (χ0) is 14.3. The van der Waals surface area contributed by atoms with Crippen molar-refractivity contribution in [2.75, 3.05) is 7.05 Å². The summed E-state index contributed by atoms with van der Waals surface area (Å²) in [4.78, 5) is 15.2. The molecule has 0 amide bonds. The lowest BCUT2D eigenvalue weighted by molar-refractivity contribution is 0.0767. The van der Waals surface area contributed by atoms with Crippen LogP contribution in [0.3, 0.4) is 0 Å². The Morgan fingerprint density at radius 2 is 1.95 bits per heavy atom. The maximum atomic E-state index is 12.7. The summed E-state index contributed by atoms with van der Waals surface area (Å²) in [5.41, 5.74) is 2.18. The van der Waals surface area contributed by atoms with Crippen LogP contribution >= 0.6 is 0 Å². The van der Waals surface area contributed by atoms with E-state index >= 15 is 0 Å². The van der Waals surface area contributed by atoms with E-state index in [1.165, 1.54) is 12.8 Å². The number of benzene rings is 1. The predicted molar refractivity (Wildman–Crippen MR) is 77.5 cm³/mol. The second-order valence-corrected chi connectivity index (χ2v) is 6.24. The molecule has 2 aliphatic heterocycles. The standard InChI is InChI=1S/C17H20N2O/c1-11-3-6-16(13(7-11)10-18)17(20)12-8-14-4-5-15(9-12)19(14)2/h3,6-7,12,14-15H,4-5,8-9H2,1-2H3. The second kappa shape index (κ2) is 5.03. The molecule has 1 aromatic carbocycles. The lowest BCUT2D eigenvalue weighted by atomic mass is 9.83. The number of hydrogen-bond acceptors (Lipinski definition) is 3. The lowest BCUT2D eigenvalue weighted by Crippen LogP contribution is -2.42. The number of nitrogens with zero attached hydrogens (tertiary/aromatic N) is 2. The summed E-state index contributed by atoms with van der Waals surface area (Å²) in [5, 5.41) is 9.24. The number of fused-ring (bicyclic) bond motifs is 2. The van der Waals surface area contributed by atoms with Crippen LogP contribution in [0.15, 0.2) is 18.2 Å². The van der Waals surface area contributed by atoms with Crippen LogP contribution in [0.25, 0.3) is 0 Å². The lowest BCUT2D eigenvalue weighted by Gasteiger charge is -2.35. The molecular formula is C17H20N2O. The van der Waals surface area contributed by atoms with E-state index in [2.05, 4.69) is 18.0 Å². The molecule has 2 heterocycles. The highest BCUT2D eigenvalue weighted by molar-refractivity contribution is 6.00. The molecule has 0 N–H and O–H groups in total. The maximum Gasteiger partial charge on any atom is 0.167 e. The molecule has 3 rings (SSSR count). The highest BCUT2D eigenvalue weighted by Crippen LogP contribution is 2.38. The van der Waals surface area contributed by atoms with Gasteiger partial charge < -0.3 is 4.90 Å². The van der Waals surface area contributed by atoms with Gasteiger partial charge in [-0.1, -0.05) is 6.07 Å². The smallest absolute Gasteiger partial charge is 0.167 e. The van der Waals surface area contributed by atoms with E-state index in [-0.39, 0.29) is 11.7 Å². The SMILES string of the molecule is Cc1ccc(C(=O)C2CC3CCC(C2)N3C)c(C#N)c1. The topological polar surface area (TPSA) is 44.1 Å². The Morgan fingerprint density at radius 1 is 1.30 bits per heavy atom. The summed E-state index contributed by atoms with van der Waals surface area (Å²) < 4.78 is 0. The Hall–Kier alpha value is -1.66. The Kier molecular flexibility index (Phi) is 3.35. The van der Waals surface area contributed by atoms with Crippen molar-refractivity contribution in [2.45, 2.75) is 44.7 Å². The van der Waals surface area contributed by atoms with Crippen LogP contribution in [0.4, 0.5) is 0 Å². The quantitative estimate of drug-likeness (QED) is 0.775. The molecule has 2 aliphatic rings. The molecule has 0 aliphatic carbocycles. The van der Waals surface area contributed by atoms with Crippen LogP contribution in [-0.2, 0) is 0 Å². The fourth-order valence-corrected chi connectivity index (χ4v) is 3.81. The maximum absolute atomic E-state index is 12.7.